The Hall–Kier alpha value is -3.35. The van der Waals surface area contributed by atoms with Crippen LogP contribution in [0.15, 0.2) is 48.5 Å². The maximum absolute atomic E-state index is 13.3. The summed E-state index contributed by atoms with van der Waals surface area (Å²) >= 11 is 0. The Morgan fingerprint density at radius 2 is 1.59 bits per heavy atom. The molecule has 2 fully saturated rings. The van der Waals surface area contributed by atoms with E-state index in [0.717, 1.165) is 47.9 Å². The van der Waals surface area contributed by atoms with Gasteiger partial charge in [-0.15, -0.1) is 0 Å². The van der Waals surface area contributed by atoms with Crippen molar-refractivity contribution in [2.24, 2.45) is 5.92 Å². The molecular weight excluding hydrogens is 432 g/mol. The molecule has 178 valence electrons. The molecule has 3 aliphatic carbocycles. The van der Waals surface area contributed by atoms with Gasteiger partial charge in [0.05, 0.1) is 0 Å². The first kappa shape index (κ1) is 22.4. The molecule has 0 heterocycles. The van der Waals surface area contributed by atoms with Crippen LogP contribution >= 0.6 is 0 Å². The standard InChI is InChI=1S/C27H30N2O5/c1-16(26(31)32)29(18-12-13-18)25(30)24(14-17-10-11-17)28-27(33)34-15-23-21-8-4-2-6-19(21)20-7-3-5-9-22(20)23/h2-9,16-18,23-24H,10-15H2,1H3,(H,28,33)(H,31,32). The first-order chi connectivity index (χ1) is 16.4. The number of fused-ring (bicyclic) bond motifs is 3. The summed E-state index contributed by atoms with van der Waals surface area (Å²) in [7, 11) is 0. The van der Waals surface area contributed by atoms with Crippen LogP contribution < -0.4 is 5.32 Å². The summed E-state index contributed by atoms with van der Waals surface area (Å²) in [6.07, 6.45) is 3.51. The van der Waals surface area contributed by atoms with Gasteiger partial charge in [0.1, 0.15) is 18.7 Å². The molecule has 2 aromatic carbocycles. The van der Waals surface area contributed by atoms with E-state index < -0.39 is 24.1 Å². The first-order valence-electron chi connectivity index (χ1n) is 12.1. The van der Waals surface area contributed by atoms with E-state index in [0.29, 0.717) is 12.3 Å². The molecule has 34 heavy (non-hydrogen) atoms. The molecule has 5 rings (SSSR count). The molecule has 0 bridgehead atoms. The van der Waals surface area contributed by atoms with Gasteiger partial charge >= 0.3 is 12.1 Å². The molecule has 2 saturated carbocycles. The number of ether oxygens (including phenoxy) is 1. The summed E-state index contributed by atoms with van der Waals surface area (Å²) < 4.78 is 5.65. The van der Waals surface area contributed by atoms with E-state index in [9.17, 15) is 19.5 Å². The predicted octanol–water partition coefficient (Wildman–Crippen LogP) is 4.16. The SMILES string of the molecule is CC(C(=O)O)N(C(=O)C(CC1CC1)NC(=O)OCC1c2ccccc2-c2ccccc21)C1CC1. The number of carboxylic acid groups (broad SMARTS) is 1. The van der Waals surface area contributed by atoms with E-state index in [-0.39, 0.29) is 24.5 Å². The zero-order chi connectivity index (χ0) is 23.8. The maximum Gasteiger partial charge on any atom is 0.407 e. The summed E-state index contributed by atoms with van der Waals surface area (Å²) in [5, 5.41) is 12.3. The maximum atomic E-state index is 13.3. The molecule has 0 aromatic heterocycles. The van der Waals surface area contributed by atoms with E-state index in [4.69, 9.17) is 4.74 Å². The number of nitrogens with one attached hydrogen (secondary N) is 1. The first-order valence-corrected chi connectivity index (χ1v) is 12.1. The summed E-state index contributed by atoms with van der Waals surface area (Å²) in [6.45, 7) is 1.70. The van der Waals surface area contributed by atoms with Crippen molar-refractivity contribution in [3.05, 3.63) is 59.7 Å². The summed E-state index contributed by atoms with van der Waals surface area (Å²) in [5.41, 5.74) is 4.54. The molecule has 0 radical (unpaired) electrons. The van der Waals surface area contributed by atoms with Crippen molar-refractivity contribution < 1.29 is 24.2 Å². The van der Waals surface area contributed by atoms with Gasteiger partial charge in [-0.25, -0.2) is 9.59 Å². The monoisotopic (exact) mass is 462 g/mol. The zero-order valence-corrected chi connectivity index (χ0v) is 19.3. The predicted molar refractivity (Wildman–Crippen MR) is 126 cm³/mol. The molecule has 7 heteroatoms. The molecule has 0 saturated heterocycles. The van der Waals surface area contributed by atoms with Crippen molar-refractivity contribution in [2.75, 3.05) is 6.61 Å². The van der Waals surface area contributed by atoms with Gasteiger partial charge < -0.3 is 20.1 Å². The number of hydrogen-bond donors (Lipinski definition) is 2. The summed E-state index contributed by atoms with van der Waals surface area (Å²) in [5.74, 6) is -1.04. The van der Waals surface area contributed by atoms with Crippen molar-refractivity contribution in [2.45, 2.75) is 63.1 Å². The highest BCUT2D eigenvalue weighted by atomic mass is 16.5. The Labute approximate surface area is 199 Å². The minimum Gasteiger partial charge on any atom is -0.480 e. The van der Waals surface area contributed by atoms with E-state index in [1.807, 2.05) is 24.3 Å². The fourth-order valence-electron chi connectivity index (χ4n) is 5.03. The van der Waals surface area contributed by atoms with Crippen molar-refractivity contribution in [1.29, 1.82) is 0 Å². The fourth-order valence-corrected chi connectivity index (χ4v) is 5.03. The van der Waals surface area contributed by atoms with Gasteiger partial charge in [0.2, 0.25) is 5.91 Å². The molecule has 2 N–H and O–H groups in total. The molecule has 2 unspecified atom stereocenters. The van der Waals surface area contributed by atoms with Gasteiger partial charge in [-0.05, 0) is 54.4 Å². The molecule has 7 nitrogen and oxygen atoms in total. The average molecular weight is 463 g/mol. The third-order valence-corrected chi connectivity index (χ3v) is 7.17. The second-order valence-corrected chi connectivity index (χ2v) is 9.69. The normalized spacial score (nSPS) is 18.4. The lowest BCUT2D eigenvalue weighted by molar-refractivity contribution is -0.151. The Morgan fingerprint density at radius 1 is 1.00 bits per heavy atom. The number of aliphatic carboxylic acids is 1. The van der Waals surface area contributed by atoms with Crippen molar-refractivity contribution in [3.63, 3.8) is 0 Å². The second kappa shape index (κ2) is 9.12. The lowest BCUT2D eigenvalue weighted by Gasteiger charge is -2.31. The number of alkyl carbamates (subject to hydrolysis) is 1. The van der Waals surface area contributed by atoms with Gasteiger partial charge in [0.25, 0.3) is 0 Å². The number of rotatable bonds is 9. The van der Waals surface area contributed by atoms with Crippen LogP contribution in [0.25, 0.3) is 11.1 Å². The van der Waals surface area contributed by atoms with Crippen LogP contribution in [-0.2, 0) is 14.3 Å². The Bertz CT molecular complexity index is 1060. The van der Waals surface area contributed by atoms with E-state index in [2.05, 4.69) is 29.6 Å². The highest BCUT2D eigenvalue weighted by Crippen LogP contribution is 2.44. The second-order valence-electron chi connectivity index (χ2n) is 9.69. The molecule has 0 spiro atoms. The smallest absolute Gasteiger partial charge is 0.407 e. The largest absolute Gasteiger partial charge is 0.480 e. The number of amides is 2. The van der Waals surface area contributed by atoms with Crippen molar-refractivity contribution in [1.82, 2.24) is 10.2 Å². The number of carboxylic acids is 1. The highest BCUT2D eigenvalue weighted by Gasteiger charge is 2.43. The molecule has 2 aromatic rings. The number of nitrogens with zero attached hydrogens (tertiary/aromatic N) is 1. The fraction of sp³-hybridized carbons (Fsp3) is 0.444. The molecule has 0 aliphatic heterocycles. The van der Waals surface area contributed by atoms with Gasteiger partial charge in [-0.2, -0.15) is 0 Å². The third kappa shape index (κ3) is 4.52. The minimum atomic E-state index is -1.04. The van der Waals surface area contributed by atoms with Crippen LogP contribution in [0.5, 0.6) is 0 Å². The molecular formula is C27H30N2O5. The van der Waals surface area contributed by atoms with Crippen LogP contribution in [0, 0.1) is 5.92 Å². The number of carbonyl (C=O) groups is 3. The van der Waals surface area contributed by atoms with Gasteiger partial charge in [-0.1, -0.05) is 61.4 Å². The molecule has 3 aliphatic rings. The van der Waals surface area contributed by atoms with Crippen LogP contribution in [0.1, 0.15) is 56.1 Å². The quantitative estimate of drug-likeness (QED) is 0.583. The van der Waals surface area contributed by atoms with Crippen molar-refractivity contribution >= 4 is 18.0 Å². The summed E-state index contributed by atoms with van der Waals surface area (Å²) in [6, 6.07) is 14.5. The lowest BCUT2D eigenvalue weighted by atomic mass is 9.98. The number of benzene rings is 2. The molecule has 2 atom stereocenters. The van der Waals surface area contributed by atoms with Crippen LogP contribution in [0.2, 0.25) is 0 Å². The third-order valence-electron chi connectivity index (χ3n) is 7.17. The highest BCUT2D eigenvalue weighted by molar-refractivity contribution is 5.90. The number of hydrogen-bond acceptors (Lipinski definition) is 4. The minimum absolute atomic E-state index is 0.0641. The van der Waals surface area contributed by atoms with E-state index in [1.165, 1.54) is 11.8 Å². The van der Waals surface area contributed by atoms with Crippen molar-refractivity contribution in [3.8, 4) is 11.1 Å². The van der Waals surface area contributed by atoms with Crippen LogP contribution in [-0.4, -0.2) is 52.7 Å². The van der Waals surface area contributed by atoms with E-state index in [1.54, 1.807) is 0 Å². The van der Waals surface area contributed by atoms with Crippen LogP contribution in [0.3, 0.4) is 0 Å². The lowest BCUT2D eigenvalue weighted by Crippen LogP contribution is -2.54. The van der Waals surface area contributed by atoms with Gasteiger partial charge in [0.15, 0.2) is 0 Å². The Balaban J connectivity index is 1.28. The zero-order valence-electron chi connectivity index (χ0n) is 19.3. The Morgan fingerprint density at radius 3 is 2.12 bits per heavy atom. The van der Waals surface area contributed by atoms with E-state index >= 15 is 0 Å². The number of carbonyl (C=O) groups excluding carboxylic acids is 2. The summed E-state index contributed by atoms with van der Waals surface area (Å²) in [4.78, 5) is 39.2. The van der Waals surface area contributed by atoms with Gasteiger partial charge in [-0.3, -0.25) is 4.79 Å². The average Bonchev–Trinajstić information content (AvgIpc) is 3.76. The van der Waals surface area contributed by atoms with Crippen LogP contribution in [0.4, 0.5) is 4.79 Å². The molecule has 2 amide bonds. The Kier molecular flexibility index (Phi) is 6.02. The topological polar surface area (TPSA) is 95.9 Å². The van der Waals surface area contributed by atoms with Gasteiger partial charge in [0, 0.05) is 12.0 Å².